The molecule has 0 unspecified atom stereocenters. The molecular formula is C14H12ClFN2O2. The molecule has 6 heteroatoms. The van der Waals surface area contributed by atoms with Gasteiger partial charge >= 0.3 is 5.97 Å². The Kier molecular flexibility index (Phi) is 4.20. The van der Waals surface area contributed by atoms with Crippen LogP contribution in [0.5, 0.6) is 0 Å². The molecule has 0 fully saturated rings. The fourth-order valence-corrected chi connectivity index (χ4v) is 2.04. The Morgan fingerprint density at radius 1 is 1.35 bits per heavy atom. The first kappa shape index (κ1) is 14.3. The minimum atomic E-state index is -1.22. The van der Waals surface area contributed by atoms with Crippen molar-refractivity contribution in [3.05, 3.63) is 52.9 Å². The summed E-state index contributed by atoms with van der Waals surface area (Å²) in [5.74, 6) is -1.29. The molecule has 0 amide bonds. The molecule has 104 valence electrons. The lowest BCUT2D eigenvalue weighted by Crippen LogP contribution is -2.19. The van der Waals surface area contributed by atoms with Gasteiger partial charge in [0.05, 0.1) is 10.7 Å². The third kappa shape index (κ3) is 2.72. The Bertz CT molecular complexity index is 649. The minimum Gasteiger partial charge on any atom is -0.476 e. The van der Waals surface area contributed by atoms with Gasteiger partial charge in [-0.3, -0.25) is 0 Å². The second kappa shape index (κ2) is 5.88. The summed E-state index contributed by atoms with van der Waals surface area (Å²) in [6.45, 7) is 2.26. The maximum Gasteiger partial charge on any atom is 0.356 e. The first-order valence-electron chi connectivity index (χ1n) is 5.96. The highest BCUT2D eigenvalue weighted by molar-refractivity contribution is 6.33. The van der Waals surface area contributed by atoms with Gasteiger partial charge < -0.3 is 10.0 Å². The molecule has 0 aliphatic rings. The van der Waals surface area contributed by atoms with E-state index in [0.29, 0.717) is 18.1 Å². The smallest absolute Gasteiger partial charge is 0.356 e. The molecule has 0 spiro atoms. The van der Waals surface area contributed by atoms with E-state index in [-0.39, 0.29) is 10.7 Å². The molecule has 0 saturated carbocycles. The number of pyridine rings is 1. The molecule has 20 heavy (non-hydrogen) atoms. The Labute approximate surface area is 120 Å². The van der Waals surface area contributed by atoms with Crippen LogP contribution in [-0.4, -0.2) is 22.6 Å². The van der Waals surface area contributed by atoms with Crippen molar-refractivity contribution in [1.29, 1.82) is 0 Å². The average molecular weight is 295 g/mol. The van der Waals surface area contributed by atoms with Gasteiger partial charge in [0.15, 0.2) is 5.69 Å². The van der Waals surface area contributed by atoms with Crippen LogP contribution in [0.2, 0.25) is 5.02 Å². The number of aromatic carboxylic acids is 1. The molecule has 0 aliphatic heterocycles. The zero-order chi connectivity index (χ0) is 14.7. The Balaban J connectivity index is 2.50. The van der Waals surface area contributed by atoms with Crippen molar-refractivity contribution in [3.8, 4) is 0 Å². The van der Waals surface area contributed by atoms with Crippen molar-refractivity contribution < 1.29 is 14.3 Å². The van der Waals surface area contributed by atoms with Crippen LogP contribution in [0, 0.1) is 5.82 Å². The van der Waals surface area contributed by atoms with Crippen molar-refractivity contribution in [2.75, 3.05) is 11.4 Å². The molecule has 1 N–H and O–H groups in total. The van der Waals surface area contributed by atoms with Gasteiger partial charge in [-0.25, -0.2) is 14.2 Å². The highest BCUT2D eigenvalue weighted by Gasteiger charge is 2.17. The second-order valence-corrected chi connectivity index (χ2v) is 4.41. The average Bonchev–Trinajstić information content (AvgIpc) is 2.43. The number of carboxylic acid groups (broad SMARTS) is 1. The molecule has 0 radical (unpaired) electrons. The number of benzene rings is 1. The van der Waals surface area contributed by atoms with Crippen LogP contribution in [0.15, 0.2) is 36.4 Å². The lowest BCUT2D eigenvalue weighted by Gasteiger charge is -2.23. The van der Waals surface area contributed by atoms with Crippen molar-refractivity contribution in [2.45, 2.75) is 6.92 Å². The number of carbonyl (C=O) groups is 1. The minimum absolute atomic E-state index is 0.0471. The zero-order valence-electron chi connectivity index (χ0n) is 10.7. The lowest BCUT2D eigenvalue weighted by molar-refractivity contribution is 0.0691. The largest absolute Gasteiger partial charge is 0.476 e. The van der Waals surface area contributed by atoms with Gasteiger partial charge in [-0.05, 0) is 31.2 Å². The van der Waals surface area contributed by atoms with Crippen molar-refractivity contribution >= 4 is 29.1 Å². The van der Waals surface area contributed by atoms with E-state index in [4.69, 9.17) is 16.7 Å². The molecule has 1 heterocycles. The molecule has 0 bridgehead atoms. The molecule has 2 aromatic rings. The number of nitrogens with zero attached hydrogens (tertiary/aromatic N) is 2. The van der Waals surface area contributed by atoms with Crippen LogP contribution in [0.1, 0.15) is 17.4 Å². The summed E-state index contributed by atoms with van der Waals surface area (Å²) >= 11 is 5.78. The number of rotatable bonds is 4. The molecule has 2 rings (SSSR count). The summed E-state index contributed by atoms with van der Waals surface area (Å²) in [5, 5.41) is 9.08. The molecule has 0 atom stereocenters. The summed E-state index contributed by atoms with van der Waals surface area (Å²) in [6.07, 6.45) is 0. The predicted molar refractivity (Wildman–Crippen MR) is 75.3 cm³/mol. The lowest BCUT2D eigenvalue weighted by atomic mass is 10.2. The van der Waals surface area contributed by atoms with Crippen molar-refractivity contribution in [3.63, 3.8) is 0 Å². The summed E-state index contributed by atoms with van der Waals surface area (Å²) in [5.41, 5.74) is 0.0834. The number of hydrogen-bond donors (Lipinski definition) is 1. The van der Waals surface area contributed by atoms with Crippen LogP contribution in [0.25, 0.3) is 0 Å². The number of carboxylic acids is 1. The molecule has 0 saturated heterocycles. The standard InChI is InChI=1S/C14H12ClFN2O2/c1-2-18(11-6-4-3-5-10(11)16)12-8-7-9(15)13(17-12)14(19)20/h3-8H,2H2,1H3,(H,19,20). The fourth-order valence-electron chi connectivity index (χ4n) is 1.86. The van der Waals surface area contributed by atoms with E-state index < -0.39 is 11.8 Å². The summed E-state index contributed by atoms with van der Waals surface area (Å²) < 4.78 is 13.8. The van der Waals surface area contributed by atoms with Gasteiger partial charge in [0.1, 0.15) is 11.6 Å². The number of hydrogen-bond acceptors (Lipinski definition) is 3. The normalized spacial score (nSPS) is 10.3. The van der Waals surface area contributed by atoms with Gasteiger partial charge in [0, 0.05) is 6.54 Å². The van der Waals surface area contributed by atoms with E-state index in [2.05, 4.69) is 4.98 Å². The van der Waals surface area contributed by atoms with Gasteiger partial charge in [-0.2, -0.15) is 0 Å². The Morgan fingerprint density at radius 3 is 2.65 bits per heavy atom. The highest BCUT2D eigenvalue weighted by Crippen LogP contribution is 2.27. The molecular weight excluding hydrogens is 283 g/mol. The summed E-state index contributed by atoms with van der Waals surface area (Å²) in [4.78, 5) is 16.6. The quantitative estimate of drug-likeness (QED) is 0.933. The highest BCUT2D eigenvalue weighted by atomic mass is 35.5. The van der Waals surface area contributed by atoms with Gasteiger partial charge in [-0.1, -0.05) is 23.7 Å². The van der Waals surface area contributed by atoms with Crippen molar-refractivity contribution in [1.82, 2.24) is 4.98 Å². The molecule has 4 nitrogen and oxygen atoms in total. The third-order valence-electron chi connectivity index (χ3n) is 2.77. The number of para-hydroxylation sites is 1. The zero-order valence-corrected chi connectivity index (χ0v) is 11.4. The van der Waals surface area contributed by atoms with Crippen LogP contribution in [-0.2, 0) is 0 Å². The number of halogens is 2. The van der Waals surface area contributed by atoms with Crippen LogP contribution < -0.4 is 4.90 Å². The van der Waals surface area contributed by atoms with E-state index >= 15 is 0 Å². The Morgan fingerprint density at radius 2 is 2.05 bits per heavy atom. The van der Waals surface area contributed by atoms with Gasteiger partial charge in [0.2, 0.25) is 0 Å². The molecule has 0 aliphatic carbocycles. The first-order chi connectivity index (χ1) is 9.54. The topological polar surface area (TPSA) is 53.4 Å². The van der Waals surface area contributed by atoms with Gasteiger partial charge in [-0.15, -0.1) is 0 Å². The monoisotopic (exact) mass is 294 g/mol. The Hall–Kier alpha value is -2.14. The number of anilines is 2. The van der Waals surface area contributed by atoms with E-state index in [1.165, 1.54) is 12.1 Å². The van der Waals surface area contributed by atoms with Crippen LogP contribution in [0.4, 0.5) is 15.9 Å². The summed E-state index contributed by atoms with van der Waals surface area (Å²) in [6, 6.07) is 9.24. The molecule has 1 aromatic carbocycles. The second-order valence-electron chi connectivity index (χ2n) is 4.00. The fraction of sp³-hybridized carbons (Fsp3) is 0.143. The molecule has 1 aromatic heterocycles. The van der Waals surface area contributed by atoms with Crippen LogP contribution in [0.3, 0.4) is 0 Å². The number of aromatic nitrogens is 1. The van der Waals surface area contributed by atoms with E-state index in [0.717, 1.165) is 0 Å². The first-order valence-corrected chi connectivity index (χ1v) is 6.34. The van der Waals surface area contributed by atoms with E-state index in [1.54, 1.807) is 29.2 Å². The van der Waals surface area contributed by atoms with Gasteiger partial charge in [0.25, 0.3) is 0 Å². The maximum atomic E-state index is 13.8. The SMILES string of the molecule is CCN(c1ccc(Cl)c(C(=O)O)n1)c1ccccc1F. The predicted octanol–water partition coefficient (Wildman–Crippen LogP) is 3.73. The summed E-state index contributed by atoms with van der Waals surface area (Å²) in [7, 11) is 0. The van der Waals surface area contributed by atoms with E-state index in [1.807, 2.05) is 6.92 Å². The van der Waals surface area contributed by atoms with E-state index in [9.17, 15) is 9.18 Å². The third-order valence-corrected chi connectivity index (χ3v) is 3.07. The maximum absolute atomic E-state index is 13.8. The van der Waals surface area contributed by atoms with Crippen LogP contribution >= 0.6 is 11.6 Å². The van der Waals surface area contributed by atoms with Crippen molar-refractivity contribution in [2.24, 2.45) is 0 Å².